The molecule has 1 N–H and O–H groups in total. The lowest BCUT2D eigenvalue weighted by atomic mass is 10.0. The van der Waals surface area contributed by atoms with Gasteiger partial charge in [0.1, 0.15) is 6.54 Å². The maximum atomic E-state index is 11.3. The first kappa shape index (κ1) is 12.1. The fourth-order valence-corrected chi connectivity index (χ4v) is 2.23. The van der Waals surface area contributed by atoms with E-state index in [1.807, 2.05) is 0 Å². The van der Waals surface area contributed by atoms with Gasteiger partial charge in [0.15, 0.2) is 0 Å². The molecule has 0 amide bonds. The molecule has 2 rings (SSSR count). The highest BCUT2D eigenvalue weighted by atomic mass is 16.5. The lowest BCUT2D eigenvalue weighted by molar-refractivity contribution is -0.141. The zero-order valence-corrected chi connectivity index (χ0v) is 10.6. The van der Waals surface area contributed by atoms with Crippen LogP contribution in [0.2, 0.25) is 0 Å². The summed E-state index contributed by atoms with van der Waals surface area (Å²) < 4.78 is 6.50. The topological polar surface area (TPSA) is 56.2 Å². The summed E-state index contributed by atoms with van der Waals surface area (Å²) in [6.07, 6.45) is 0.923. The standard InChI is InChI=1S/C12H19N3O2/c1-8(2)12-9-6-13-5-4-10(9)15(14-12)7-11(16)17-3/h8,13H,4-7H2,1-3H3. The van der Waals surface area contributed by atoms with E-state index in [1.165, 1.54) is 18.4 Å². The number of hydrogen-bond acceptors (Lipinski definition) is 4. The van der Waals surface area contributed by atoms with E-state index in [-0.39, 0.29) is 12.5 Å². The second-order valence-electron chi connectivity index (χ2n) is 4.63. The molecule has 0 unspecified atom stereocenters. The maximum Gasteiger partial charge on any atom is 0.327 e. The van der Waals surface area contributed by atoms with Gasteiger partial charge in [-0.15, -0.1) is 0 Å². The van der Waals surface area contributed by atoms with Gasteiger partial charge >= 0.3 is 5.97 Å². The Bertz CT molecular complexity index is 424. The highest BCUT2D eigenvalue weighted by Gasteiger charge is 2.23. The summed E-state index contributed by atoms with van der Waals surface area (Å²) >= 11 is 0. The van der Waals surface area contributed by atoms with Gasteiger partial charge in [-0.05, 0) is 5.92 Å². The van der Waals surface area contributed by atoms with E-state index < -0.39 is 0 Å². The predicted molar refractivity (Wildman–Crippen MR) is 63.7 cm³/mol. The van der Waals surface area contributed by atoms with Crippen LogP contribution in [-0.4, -0.2) is 29.4 Å². The van der Waals surface area contributed by atoms with Crippen molar-refractivity contribution in [3.63, 3.8) is 0 Å². The van der Waals surface area contributed by atoms with E-state index >= 15 is 0 Å². The molecular formula is C12H19N3O2. The molecule has 2 heterocycles. The van der Waals surface area contributed by atoms with Crippen LogP contribution in [0.5, 0.6) is 0 Å². The summed E-state index contributed by atoms with van der Waals surface area (Å²) in [5, 5.41) is 7.90. The van der Waals surface area contributed by atoms with E-state index in [2.05, 4.69) is 24.3 Å². The number of esters is 1. The summed E-state index contributed by atoms with van der Waals surface area (Å²) in [7, 11) is 1.41. The smallest absolute Gasteiger partial charge is 0.327 e. The van der Waals surface area contributed by atoms with Gasteiger partial charge in [0.25, 0.3) is 0 Å². The minimum Gasteiger partial charge on any atom is -0.468 e. The Morgan fingerprint density at radius 3 is 3.00 bits per heavy atom. The van der Waals surface area contributed by atoms with Gasteiger partial charge in [-0.1, -0.05) is 13.8 Å². The Labute approximate surface area is 101 Å². The molecule has 0 fully saturated rings. The Hall–Kier alpha value is -1.36. The monoisotopic (exact) mass is 237 g/mol. The van der Waals surface area contributed by atoms with Crippen molar-refractivity contribution in [3.8, 4) is 0 Å². The van der Waals surface area contributed by atoms with E-state index in [4.69, 9.17) is 4.74 Å². The van der Waals surface area contributed by atoms with E-state index in [0.717, 1.165) is 25.2 Å². The van der Waals surface area contributed by atoms with Crippen molar-refractivity contribution < 1.29 is 9.53 Å². The molecule has 0 saturated carbocycles. The van der Waals surface area contributed by atoms with Crippen molar-refractivity contribution >= 4 is 5.97 Å². The van der Waals surface area contributed by atoms with Gasteiger partial charge in [-0.3, -0.25) is 9.48 Å². The Morgan fingerprint density at radius 2 is 2.35 bits per heavy atom. The second-order valence-corrected chi connectivity index (χ2v) is 4.63. The Kier molecular flexibility index (Phi) is 3.47. The SMILES string of the molecule is COC(=O)Cn1nc(C(C)C)c2c1CCNC2. The van der Waals surface area contributed by atoms with Gasteiger partial charge in [0.2, 0.25) is 0 Å². The molecule has 1 aromatic rings. The number of hydrogen-bond donors (Lipinski definition) is 1. The van der Waals surface area contributed by atoms with Gasteiger partial charge < -0.3 is 10.1 Å². The fraction of sp³-hybridized carbons (Fsp3) is 0.667. The number of carbonyl (C=O) groups excluding carboxylic acids is 1. The molecule has 5 nitrogen and oxygen atoms in total. The van der Waals surface area contributed by atoms with Gasteiger partial charge in [0.05, 0.1) is 12.8 Å². The summed E-state index contributed by atoms with van der Waals surface area (Å²) in [5.74, 6) is 0.131. The molecule has 1 aliphatic heterocycles. The number of ether oxygens (including phenoxy) is 1. The third kappa shape index (κ3) is 2.34. The van der Waals surface area contributed by atoms with E-state index in [0.29, 0.717) is 5.92 Å². The van der Waals surface area contributed by atoms with Crippen molar-refractivity contribution in [1.82, 2.24) is 15.1 Å². The van der Waals surface area contributed by atoms with Crippen molar-refractivity contribution in [2.24, 2.45) is 0 Å². The zero-order chi connectivity index (χ0) is 12.4. The van der Waals surface area contributed by atoms with Crippen molar-refractivity contribution in [2.75, 3.05) is 13.7 Å². The quantitative estimate of drug-likeness (QED) is 0.791. The predicted octanol–water partition coefficient (Wildman–Crippen LogP) is 0.825. The van der Waals surface area contributed by atoms with E-state index in [9.17, 15) is 4.79 Å². The van der Waals surface area contributed by atoms with Crippen LogP contribution in [0.1, 0.15) is 36.7 Å². The average molecular weight is 237 g/mol. The van der Waals surface area contributed by atoms with Crippen LogP contribution in [0.25, 0.3) is 0 Å². The number of nitrogens with zero attached hydrogens (tertiary/aromatic N) is 2. The van der Waals surface area contributed by atoms with Gasteiger partial charge in [-0.2, -0.15) is 5.10 Å². The number of rotatable bonds is 3. The van der Waals surface area contributed by atoms with Crippen molar-refractivity contribution in [1.29, 1.82) is 0 Å². The molecule has 0 aromatic carbocycles. The maximum absolute atomic E-state index is 11.3. The van der Waals surface area contributed by atoms with E-state index in [1.54, 1.807) is 4.68 Å². The summed E-state index contributed by atoms with van der Waals surface area (Å²) in [5.41, 5.74) is 3.53. The van der Waals surface area contributed by atoms with Crippen LogP contribution in [-0.2, 0) is 29.0 Å². The molecule has 0 bridgehead atoms. The molecule has 1 aliphatic rings. The number of methoxy groups -OCH3 is 1. The normalized spacial score (nSPS) is 14.8. The van der Waals surface area contributed by atoms with Crippen LogP contribution in [0.3, 0.4) is 0 Å². The first-order valence-corrected chi connectivity index (χ1v) is 5.99. The van der Waals surface area contributed by atoms with Crippen LogP contribution < -0.4 is 5.32 Å². The molecule has 0 atom stereocenters. The van der Waals surface area contributed by atoms with Crippen LogP contribution in [0, 0.1) is 0 Å². The molecule has 94 valence electrons. The van der Waals surface area contributed by atoms with Crippen molar-refractivity contribution in [2.45, 2.75) is 39.3 Å². The lowest BCUT2D eigenvalue weighted by Crippen LogP contribution is -2.26. The number of nitrogens with one attached hydrogen (secondary N) is 1. The first-order chi connectivity index (χ1) is 8.13. The second kappa shape index (κ2) is 4.87. The minimum absolute atomic E-state index is 0.214. The average Bonchev–Trinajstić information content (AvgIpc) is 2.68. The Morgan fingerprint density at radius 1 is 1.59 bits per heavy atom. The molecule has 1 aromatic heterocycles. The van der Waals surface area contributed by atoms with Gasteiger partial charge in [-0.25, -0.2) is 0 Å². The van der Waals surface area contributed by atoms with Gasteiger partial charge in [0, 0.05) is 30.8 Å². The summed E-state index contributed by atoms with van der Waals surface area (Å²) in [6.45, 7) is 6.26. The number of carbonyl (C=O) groups is 1. The largest absolute Gasteiger partial charge is 0.468 e. The fourth-order valence-electron chi connectivity index (χ4n) is 2.23. The minimum atomic E-state index is -0.246. The molecule has 0 saturated heterocycles. The third-order valence-corrected chi connectivity index (χ3v) is 3.09. The number of aromatic nitrogens is 2. The molecular weight excluding hydrogens is 218 g/mol. The molecule has 0 radical (unpaired) electrons. The summed E-state index contributed by atoms with van der Waals surface area (Å²) in [4.78, 5) is 11.3. The van der Waals surface area contributed by atoms with Crippen molar-refractivity contribution in [3.05, 3.63) is 17.0 Å². The summed E-state index contributed by atoms with van der Waals surface area (Å²) in [6, 6.07) is 0. The molecule has 17 heavy (non-hydrogen) atoms. The van der Waals surface area contributed by atoms with Crippen LogP contribution in [0.4, 0.5) is 0 Å². The highest BCUT2D eigenvalue weighted by molar-refractivity contribution is 5.69. The molecule has 0 aliphatic carbocycles. The number of fused-ring (bicyclic) bond motifs is 1. The lowest BCUT2D eigenvalue weighted by Gasteiger charge is -2.15. The Balaban J connectivity index is 2.35. The zero-order valence-electron chi connectivity index (χ0n) is 10.6. The molecule has 0 spiro atoms. The third-order valence-electron chi connectivity index (χ3n) is 3.09. The van der Waals surface area contributed by atoms with Crippen LogP contribution >= 0.6 is 0 Å². The first-order valence-electron chi connectivity index (χ1n) is 5.99. The van der Waals surface area contributed by atoms with Crippen LogP contribution in [0.15, 0.2) is 0 Å². The highest BCUT2D eigenvalue weighted by Crippen LogP contribution is 2.24. The molecule has 5 heteroatoms.